The van der Waals surface area contributed by atoms with Gasteiger partial charge in [0.1, 0.15) is 6.04 Å². The fourth-order valence-electron chi connectivity index (χ4n) is 2.48. The topological polar surface area (TPSA) is 82.3 Å². The smallest absolute Gasteiger partial charge is 0.242 e. The van der Waals surface area contributed by atoms with Crippen LogP contribution in [0.2, 0.25) is 0 Å². The first-order valence-corrected chi connectivity index (χ1v) is 8.22. The standard InChI is InChI=1S/C17H26N4O2/c1-4-5-14-10-15(21-20-14)17(23)19-13-8-6-12(7-9-13)18-16(22)11(2)3/h6-9,11,14-15,20-21H,4-5,10H2,1-3H3,(H,18,22)(H,19,23). The van der Waals surface area contributed by atoms with E-state index < -0.39 is 0 Å². The number of hydrazine groups is 1. The molecule has 0 aliphatic carbocycles. The molecule has 0 spiro atoms. The number of carbonyl (C=O) groups excluding carboxylic acids is 2. The lowest BCUT2D eigenvalue weighted by atomic mass is 10.1. The summed E-state index contributed by atoms with van der Waals surface area (Å²) in [5.41, 5.74) is 7.65. The van der Waals surface area contributed by atoms with Gasteiger partial charge in [-0.15, -0.1) is 0 Å². The third-order valence-electron chi connectivity index (χ3n) is 3.88. The summed E-state index contributed by atoms with van der Waals surface area (Å²) in [7, 11) is 0. The lowest BCUT2D eigenvalue weighted by Crippen LogP contribution is -2.40. The maximum Gasteiger partial charge on any atom is 0.242 e. The second-order valence-corrected chi connectivity index (χ2v) is 6.27. The molecule has 0 bridgehead atoms. The molecule has 1 aromatic rings. The third kappa shape index (κ3) is 5.04. The summed E-state index contributed by atoms with van der Waals surface area (Å²) >= 11 is 0. The Hall–Kier alpha value is -1.92. The fraction of sp³-hybridized carbons (Fsp3) is 0.529. The zero-order chi connectivity index (χ0) is 16.8. The van der Waals surface area contributed by atoms with Crippen molar-refractivity contribution in [2.24, 2.45) is 5.92 Å². The van der Waals surface area contributed by atoms with E-state index in [0.29, 0.717) is 6.04 Å². The quantitative estimate of drug-likeness (QED) is 0.648. The molecule has 126 valence electrons. The highest BCUT2D eigenvalue weighted by Crippen LogP contribution is 2.16. The molecule has 2 unspecified atom stereocenters. The summed E-state index contributed by atoms with van der Waals surface area (Å²) in [4.78, 5) is 23.9. The number of anilines is 2. The van der Waals surface area contributed by atoms with E-state index in [1.165, 1.54) is 0 Å². The van der Waals surface area contributed by atoms with Gasteiger partial charge in [-0.1, -0.05) is 27.2 Å². The molecule has 1 aliphatic rings. The second kappa shape index (κ2) is 8.08. The SMILES string of the molecule is CCCC1CC(C(=O)Nc2ccc(NC(=O)C(C)C)cc2)NN1. The van der Waals surface area contributed by atoms with Gasteiger partial charge in [0, 0.05) is 23.3 Å². The highest BCUT2D eigenvalue weighted by Gasteiger charge is 2.28. The summed E-state index contributed by atoms with van der Waals surface area (Å²) in [6.07, 6.45) is 2.94. The zero-order valence-corrected chi connectivity index (χ0v) is 14.0. The summed E-state index contributed by atoms with van der Waals surface area (Å²) in [5.74, 6) is -0.133. The number of hydrogen-bond donors (Lipinski definition) is 4. The molecule has 0 radical (unpaired) electrons. The average Bonchev–Trinajstić information content (AvgIpc) is 2.98. The van der Waals surface area contributed by atoms with Crippen LogP contribution in [0.4, 0.5) is 11.4 Å². The third-order valence-corrected chi connectivity index (χ3v) is 3.88. The Balaban J connectivity index is 1.86. The van der Waals surface area contributed by atoms with Gasteiger partial charge >= 0.3 is 0 Å². The molecule has 0 saturated carbocycles. The number of nitrogens with one attached hydrogen (secondary N) is 4. The van der Waals surface area contributed by atoms with Crippen molar-refractivity contribution in [3.05, 3.63) is 24.3 Å². The van der Waals surface area contributed by atoms with Crippen LogP contribution in [0.15, 0.2) is 24.3 Å². The number of rotatable bonds is 6. The van der Waals surface area contributed by atoms with E-state index in [2.05, 4.69) is 28.4 Å². The predicted octanol–water partition coefficient (Wildman–Crippen LogP) is 2.25. The molecular formula is C17H26N4O2. The summed E-state index contributed by atoms with van der Waals surface area (Å²) in [6.45, 7) is 5.82. The molecule has 6 nitrogen and oxygen atoms in total. The highest BCUT2D eigenvalue weighted by atomic mass is 16.2. The molecule has 1 heterocycles. The van der Waals surface area contributed by atoms with Gasteiger partial charge in [-0.25, -0.2) is 5.43 Å². The number of hydrogen-bond acceptors (Lipinski definition) is 4. The minimum atomic E-state index is -0.216. The molecule has 1 saturated heterocycles. The van der Waals surface area contributed by atoms with Crippen LogP contribution in [-0.2, 0) is 9.59 Å². The monoisotopic (exact) mass is 318 g/mol. The molecule has 2 rings (SSSR count). The minimum absolute atomic E-state index is 0.0232. The number of amides is 2. The van der Waals surface area contributed by atoms with Crippen molar-refractivity contribution in [3.8, 4) is 0 Å². The molecule has 1 aliphatic heterocycles. The van der Waals surface area contributed by atoms with Gasteiger partial charge in [-0.2, -0.15) is 0 Å². The Morgan fingerprint density at radius 2 is 1.74 bits per heavy atom. The summed E-state index contributed by atoms with van der Waals surface area (Å²) in [5, 5.41) is 5.72. The molecule has 23 heavy (non-hydrogen) atoms. The van der Waals surface area contributed by atoms with Gasteiger partial charge in [-0.05, 0) is 37.1 Å². The van der Waals surface area contributed by atoms with Crippen molar-refractivity contribution >= 4 is 23.2 Å². The summed E-state index contributed by atoms with van der Waals surface area (Å²) in [6, 6.07) is 7.29. The van der Waals surface area contributed by atoms with Crippen molar-refractivity contribution < 1.29 is 9.59 Å². The largest absolute Gasteiger partial charge is 0.326 e. The van der Waals surface area contributed by atoms with Crippen LogP contribution in [0, 0.1) is 5.92 Å². The van der Waals surface area contributed by atoms with Gasteiger partial charge in [0.15, 0.2) is 0 Å². The molecule has 0 aromatic heterocycles. The van der Waals surface area contributed by atoms with Crippen molar-refractivity contribution in [2.75, 3.05) is 10.6 Å². The first-order valence-electron chi connectivity index (χ1n) is 8.22. The Bertz CT molecular complexity index is 542. The molecule has 1 aromatic carbocycles. The summed E-state index contributed by atoms with van der Waals surface area (Å²) < 4.78 is 0. The van der Waals surface area contributed by atoms with Gasteiger partial charge in [-0.3, -0.25) is 15.0 Å². The Labute approximate surface area is 137 Å². The predicted molar refractivity (Wildman–Crippen MR) is 91.9 cm³/mol. The van der Waals surface area contributed by atoms with E-state index in [1.54, 1.807) is 24.3 Å². The van der Waals surface area contributed by atoms with Gasteiger partial charge in [0.05, 0.1) is 0 Å². The normalized spacial score (nSPS) is 20.5. The van der Waals surface area contributed by atoms with E-state index >= 15 is 0 Å². The molecule has 4 N–H and O–H groups in total. The van der Waals surface area contributed by atoms with E-state index in [1.807, 2.05) is 13.8 Å². The Kier molecular flexibility index (Phi) is 6.12. The zero-order valence-electron chi connectivity index (χ0n) is 14.0. The van der Waals surface area contributed by atoms with Gasteiger partial charge in [0.25, 0.3) is 0 Å². The van der Waals surface area contributed by atoms with E-state index in [0.717, 1.165) is 30.6 Å². The maximum absolute atomic E-state index is 12.2. The Morgan fingerprint density at radius 1 is 1.13 bits per heavy atom. The van der Waals surface area contributed by atoms with Crippen molar-refractivity contribution in [3.63, 3.8) is 0 Å². The van der Waals surface area contributed by atoms with E-state index in [4.69, 9.17) is 0 Å². The van der Waals surface area contributed by atoms with Crippen molar-refractivity contribution in [1.82, 2.24) is 10.9 Å². The molecule has 6 heteroatoms. The average molecular weight is 318 g/mol. The lowest BCUT2D eigenvalue weighted by Gasteiger charge is -2.12. The van der Waals surface area contributed by atoms with Gasteiger partial charge < -0.3 is 10.6 Å². The van der Waals surface area contributed by atoms with Gasteiger partial charge in [0.2, 0.25) is 11.8 Å². The lowest BCUT2D eigenvalue weighted by molar-refractivity contribution is -0.119. The van der Waals surface area contributed by atoms with Crippen LogP contribution in [0.1, 0.15) is 40.0 Å². The molecule has 1 fully saturated rings. The maximum atomic E-state index is 12.2. The Morgan fingerprint density at radius 3 is 2.30 bits per heavy atom. The molecule has 2 amide bonds. The van der Waals surface area contributed by atoms with E-state index in [-0.39, 0.29) is 23.8 Å². The van der Waals surface area contributed by atoms with E-state index in [9.17, 15) is 9.59 Å². The minimum Gasteiger partial charge on any atom is -0.326 e. The molecular weight excluding hydrogens is 292 g/mol. The van der Waals surface area contributed by atoms with Crippen molar-refractivity contribution in [1.29, 1.82) is 0 Å². The van der Waals surface area contributed by atoms with Crippen LogP contribution < -0.4 is 21.5 Å². The fourth-order valence-corrected chi connectivity index (χ4v) is 2.48. The van der Waals surface area contributed by atoms with Crippen molar-refractivity contribution in [2.45, 2.75) is 52.1 Å². The van der Waals surface area contributed by atoms with Crippen LogP contribution in [0.3, 0.4) is 0 Å². The van der Waals surface area contributed by atoms with Crippen LogP contribution in [-0.4, -0.2) is 23.9 Å². The van der Waals surface area contributed by atoms with Crippen LogP contribution in [0.25, 0.3) is 0 Å². The number of carbonyl (C=O) groups is 2. The highest BCUT2D eigenvalue weighted by molar-refractivity contribution is 5.96. The van der Waals surface area contributed by atoms with Crippen LogP contribution in [0.5, 0.6) is 0 Å². The molecule has 2 atom stereocenters. The second-order valence-electron chi connectivity index (χ2n) is 6.27. The number of benzene rings is 1. The first-order chi connectivity index (χ1) is 11.0. The van der Waals surface area contributed by atoms with Crippen LogP contribution >= 0.6 is 0 Å². The first kappa shape index (κ1) is 17.4.